The number of fused-ring (bicyclic) bond motifs is 1. The second-order valence-corrected chi connectivity index (χ2v) is 9.18. The third-order valence-corrected chi connectivity index (χ3v) is 7.53. The molecule has 2 heteroatoms. The number of hydrogen-bond acceptors (Lipinski definition) is 1. The van der Waals surface area contributed by atoms with Gasteiger partial charge in [0.25, 0.3) is 0 Å². The van der Waals surface area contributed by atoms with Gasteiger partial charge in [-0.2, -0.15) is 0 Å². The van der Waals surface area contributed by atoms with Crippen LogP contribution in [0.15, 0.2) is 24.3 Å². The molecule has 0 spiro atoms. The minimum absolute atomic E-state index is 0.590. The van der Waals surface area contributed by atoms with Crippen molar-refractivity contribution in [2.45, 2.75) is 57.7 Å². The Morgan fingerprint density at radius 2 is 1.86 bits per heavy atom. The molecule has 0 radical (unpaired) electrons. The first-order valence-corrected chi connectivity index (χ1v) is 10.9. The molecule has 1 aromatic heterocycles. The number of rotatable bonds is 7. The molecule has 0 saturated heterocycles. The summed E-state index contributed by atoms with van der Waals surface area (Å²) in [5.74, 6) is 6.91. The summed E-state index contributed by atoms with van der Waals surface area (Å²) in [4.78, 5) is 0. The molecule has 0 amide bonds. The van der Waals surface area contributed by atoms with Crippen LogP contribution < -0.4 is 3.78 Å². The minimum atomic E-state index is 0.590. The summed E-state index contributed by atoms with van der Waals surface area (Å²) in [7, 11) is 0. The van der Waals surface area contributed by atoms with E-state index in [1.54, 1.807) is 3.78 Å². The SMILES string of the molecule is CCCCCC#Cc1c([Se]CCCC)sc2ccccc12. The van der Waals surface area contributed by atoms with Gasteiger partial charge < -0.3 is 0 Å². The molecule has 0 unspecified atom stereocenters. The fourth-order valence-electron chi connectivity index (χ4n) is 2.17. The molecule has 0 atom stereocenters. The molecule has 0 fully saturated rings. The molecule has 0 aliphatic rings. The average Bonchev–Trinajstić information content (AvgIpc) is 2.85. The Labute approximate surface area is 139 Å². The predicted molar refractivity (Wildman–Crippen MR) is 97.9 cm³/mol. The molecule has 112 valence electrons. The fourth-order valence-corrected chi connectivity index (χ4v) is 6.42. The van der Waals surface area contributed by atoms with Gasteiger partial charge >= 0.3 is 140 Å². The van der Waals surface area contributed by atoms with Crippen molar-refractivity contribution >= 4 is 40.2 Å². The molecule has 0 bridgehead atoms. The molecule has 0 aliphatic heterocycles. The van der Waals surface area contributed by atoms with Gasteiger partial charge in [-0.15, -0.1) is 0 Å². The van der Waals surface area contributed by atoms with Crippen LogP contribution >= 0.6 is 11.3 Å². The average molecular weight is 363 g/mol. The maximum atomic E-state index is 3.50. The summed E-state index contributed by atoms with van der Waals surface area (Å²) in [6, 6.07) is 8.75. The van der Waals surface area contributed by atoms with Crippen molar-refractivity contribution in [3.8, 4) is 11.8 Å². The van der Waals surface area contributed by atoms with Gasteiger partial charge in [0.1, 0.15) is 0 Å². The first-order chi connectivity index (χ1) is 10.4. The summed E-state index contributed by atoms with van der Waals surface area (Å²) in [6.45, 7) is 4.52. The van der Waals surface area contributed by atoms with E-state index in [4.69, 9.17) is 0 Å². The van der Waals surface area contributed by atoms with Crippen molar-refractivity contribution in [2.75, 3.05) is 0 Å². The molecule has 0 N–H and O–H groups in total. The van der Waals surface area contributed by atoms with Crippen molar-refractivity contribution in [1.29, 1.82) is 0 Å². The van der Waals surface area contributed by atoms with Crippen LogP contribution in [-0.2, 0) is 0 Å². The van der Waals surface area contributed by atoms with E-state index < -0.39 is 0 Å². The Kier molecular flexibility index (Phi) is 7.37. The van der Waals surface area contributed by atoms with Crippen LogP contribution in [-0.4, -0.2) is 15.0 Å². The molecule has 1 aromatic carbocycles. The summed E-state index contributed by atoms with van der Waals surface area (Å²) in [6.07, 6.45) is 7.49. The zero-order chi connectivity index (χ0) is 14.9. The quantitative estimate of drug-likeness (QED) is 0.352. The van der Waals surface area contributed by atoms with E-state index in [0.29, 0.717) is 15.0 Å². The van der Waals surface area contributed by atoms with E-state index in [9.17, 15) is 0 Å². The van der Waals surface area contributed by atoms with Gasteiger partial charge in [-0.25, -0.2) is 0 Å². The Morgan fingerprint density at radius 1 is 1.05 bits per heavy atom. The monoisotopic (exact) mass is 364 g/mol. The molecular formula is C19H24SSe. The first-order valence-electron chi connectivity index (χ1n) is 8.00. The molecule has 0 aliphatic carbocycles. The first kappa shape index (κ1) is 16.6. The fraction of sp³-hybridized carbons (Fsp3) is 0.474. The van der Waals surface area contributed by atoms with E-state index in [1.165, 1.54) is 53.1 Å². The molecule has 2 rings (SSSR count). The Hall–Kier alpha value is -0.741. The van der Waals surface area contributed by atoms with E-state index in [2.05, 4.69) is 50.0 Å². The van der Waals surface area contributed by atoms with Crippen molar-refractivity contribution in [3.05, 3.63) is 29.8 Å². The predicted octanol–water partition coefficient (Wildman–Crippen LogP) is 5.38. The molecular weight excluding hydrogens is 339 g/mol. The van der Waals surface area contributed by atoms with E-state index in [-0.39, 0.29) is 0 Å². The molecule has 2 aromatic rings. The summed E-state index contributed by atoms with van der Waals surface area (Å²) < 4.78 is 2.96. The zero-order valence-corrected chi connectivity index (χ0v) is 15.6. The van der Waals surface area contributed by atoms with Crippen LogP contribution in [0.1, 0.15) is 57.9 Å². The Bertz CT molecular complexity index is 615. The number of unbranched alkanes of at least 4 members (excludes halogenated alkanes) is 4. The van der Waals surface area contributed by atoms with Crippen molar-refractivity contribution in [2.24, 2.45) is 0 Å². The van der Waals surface area contributed by atoms with Crippen molar-refractivity contribution < 1.29 is 0 Å². The zero-order valence-electron chi connectivity index (χ0n) is 13.1. The van der Waals surface area contributed by atoms with E-state index in [1.807, 2.05) is 11.3 Å². The van der Waals surface area contributed by atoms with Gasteiger partial charge in [0, 0.05) is 0 Å². The third kappa shape index (κ3) is 4.89. The second kappa shape index (κ2) is 9.31. The summed E-state index contributed by atoms with van der Waals surface area (Å²) in [5, 5.41) is 2.72. The van der Waals surface area contributed by atoms with Crippen LogP contribution in [0, 0.1) is 11.8 Å². The van der Waals surface area contributed by atoms with Crippen LogP contribution in [0.4, 0.5) is 0 Å². The van der Waals surface area contributed by atoms with Gasteiger partial charge in [0.05, 0.1) is 0 Å². The Morgan fingerprint density at radius 3 is 2.67 bits per heavy atom. The van der Waals surface area contributed by atoms with E-state index in [0.717, 1.165) is 6.42 Å². The van der Waals surface area contributed by atoms with Crippen LogP contribution in [0.3, 0.4) is 0 Å². The van der Waals surface area contributed by atoms with Crippen LogP contribution in [0.2, 0.25) is 5.32 Å². The maximum absolute atomic E-state index is 3.50. The molecule has 21 heavy (non-hydrogen) atoms. The van der Waals surface area contributed by atoms with Gasteiger partial charge in [-0.1, -0.05) is 0 Å². The summed E-state index contributed by atoms with van der Waals surface area (Å²) >= 11 is 2.56. The molecule has 1 heterocycles. The van der Waals surface area contributed by atoms with Crippen LogP contribution in [0.25, 0.3) is 10.1 Å². The molecule has 0 saturated carbocycles. The normalized spacial score (nSPS) is 10.6. The van der Waals surface area contributed by atoms with Gasteiger partial charge in [0.15, 0.2) is 0 Å². The van der Waals surface area contributed by atoms with Gasteiger partial charge in [0.2, 0.25) is 0 Å². The Balaban J connectivity index is 2.18. The van der Waals surface area contributed by atoms with Crippen LogP contribution in [0.5, 0.6) is 0 Å². The number of benzene rings is 1. The number of hydrogen-bond donors (Lipinski definition) is 0. The van der Waals surface area contributed by atoms with Gasteiger partial charge in [-0.05, 0) is 0 Å². The third-order valence-electron chi connectivity index (χ3n) is 3.41. The van der Waals surface area contributed by atoms with Crippen molar-refractivity contribution in [3.63, 3.8) is 0 Å². The van der Waals surface area contributed by atoms with E-state index >= 15 is 0 Å². The topological polar surface area (TPSA) is 0 Å². The van der Waals surface area contributed by atoms with Crippen molar-refractivity contribution in [1.82, 2.24) is 0 Å². The summed E-state index contributed by atoms with van der Waals surface area (Å²) in [5.41, 5.74) is 1.34. The second-order valence-electron chi connectivity index (χ2n) is 5.22. The molecule has 0 nitrogen and oxygen atoms in total. The number of thiophene rings is 1. The van der Waals surface area contributed by atoms with Gasteiger partial charge in [-0.3, -0.25) is 0 Å². The standard InChI is InChI=1S/C19H24SSe/c1-3-5-7-8-9-13-17-16-12-10-11-14-18(16)20-19(17)21-15-6-4-2/h10-12,14H,3-8,15H2,1-2H3.